The molecule has 2 saturated carbocycles. The Hall–Kier alpha value is -1.39. The Morgan fingerprint density at radius 1 is 0.944 bits per heavy atom. The Labute approximate surface area is 107 Å². The fourth-order valence-corrected chi connectivity index (χ4v) is 2.57. The summed E-state index contributed by atoms with van der Waals surface area (Å²) in [7, 11) is 0. The van der Waals surface area contributed by atoms with Crippen molar-refractivity contribution in [3.8, 4) is 0 Å². The number of carbonyl (C=O) groups is 2. The SMILES string of the molecule is O=C(NN=C1CCCCC1)C(=O)NC1CCCC1. The van der Waals surface area contributed by atoms with E-state index < -0.39 is 11.8 Å². The van der Waals surface area contributed by atoms with Crippen LogP contribution >= 0.6 is 0 Å². The monoisotopic (exact) mass is 251 g/mol. The maximum Gasteiger partial charge on any atom is 0.329 e. The first-order chi connectivity index (χ1) is 8.75. The van der Waals surface area contributed by atoms with Gasteiger partial charge in [0, 0.05) is 11.8 Å². The van der Waals surface area contributed by atoms with Gasteiger partial charge in [-0.05, 0) is 38.5 Å². The van der Waals surface area contributed by atoms with Gasteiger partial charge in [-0.1, -0.05) is 19.3 Å². The van der Waals surface area contributed by atoms with E-state index in [-0.39, 0.29) is 6.04 Å². The van der Waals surface area contributed by atoms with E-state index in [1.807, 2.05) is 0 Å². The van der Waals surface area contributed by atoms with E-state index in [2.05, 4.69) is 15.8 Å². The lowest BCUT2D eigenvalue weighted by atomic mass is 9.99. The molecule has 2 aliphatic carbocycles. The highest BCUT2D eigenvalue weighted by molar-refractivity contribution is 6.35. The quantitative estimate of drug-likeness (QED) is 0.576. The van der Waals surface area contributed by atoms with E-state index in [0.717, 1.165) is 57.1 Å². The van der Waals surface area contributed by atoms with Gasteiger partial charge in [0.15, 0.2) is 0 Å². The Bertz CT molecular complexity index is 338. The van der Waals surface area contributed by atoms with Crippen molar-refractivity contribution in [2.24, 2.45) is 5.10 Å². The molecule has 0 saturated heterocycles. The van der Waals surface area contributed by atoms with Crippen molar-refractivity contribution < 1.29 is 9.59 Å². The molecule has 0 radical (unpaired) electrons. The number of nitrogens with one attached hydrogen (secondary N) is 2. The molecule has 5 nitrogen and oxygen atoms in total. The molecule has 0 spiro atoms. The lowest BCUT2D eigenvalue weighted by Crippen LogP contribution is -2.42. The van der Waals surface area contributed by atoms with Gasteiger partial charge < -0.3 is 5.32 Å². The van der Waals surface area contributed by atoms with Crippen molar-refractivity contribution in [3.05, 3.63) is 0 Å². The minimum absolute atomic E-state index is 0.172. The molecule has 100 valence electrons. The van der Waals surface area contributed by atoms with Crippen molar-refractivity contribution in [2.45, 2.75) is 63.8 Å². The second-order valence-electron chi connectivity index (χ2n) is 5.13. The number of hydrogen-bond acceptors (Lipinski definition) is 3. The Morgan fingerprint density at radius 3 is 2.28 bits per heavy atom. The summed E-state index contributed by atoms with van der Waals surface area (Å²) in [5, 5.41) is 6.78. The molecule has 0 aliphatic heterocycles. The zero-order valence-corrected chi connectivity index (χ0v) is 10.7. The molecule has 0 aromatic rings. The molecule has 0 heterocycles. The van der Waals surface area contributed by atoms with Gasteiger partial charge in [0.2, 0.25) is 0 Å². The van der Waals surface area contributed by atoms with Crippen molar-refractivity contribution in [2.75, 3.05) is 0 Å². The van der Waals surface area contributed by atoms with Gasteiger partial charge in [-0.25, -0.2) is 5.43 Å². The summed E-state index contributed by atoms with van der Waals surface area (Å²) in [5.74, 6) is -1.19. The molecule has 2 fully saturated rings. The highest BCUT2D eigenvalue weighted by atomic mass is 16.2. The smallest absolute Gasteiger partial charge is 0.329 e. The molecule has 2 N–H and O–H groups in total. The van der Waals surface area contributed by atoms with Crippen LogP contribution in [0.1, 0.15) is 57.8 Å². The summed E-state index contributed by atoms with van der Waals surface area (Å²) in [5.41, 5.74) is 3.37. The van der Waals surface area contributed by atoms with Gasteiger partial charge in [0.25, 0.3) is 0 Å². The molecule has 0 aromatic carbocycles. The van der Waals surface area contributed by atoms with Crippen LogP contribution in [-0.4, -0.2) is 23.6 Å². The third kappa shape index (κ3) is 3.82. The van der Waals surface area contributed by atoms with E-state index in [0.29, 0.717) is 0 Å². The molecule has 2 amide bonds. The fraction of sp³-hybridized carbons (Fsp3) is 0.769. The van der Waals surface area contributed by atoms with Gasteiger partial charge in [-0.3, -0.25) is 9.59 Å². The number of carbonyl (C=O) groups excluding carboxylic acids is 2. The number of amides is 2. The number of nitrogens with zero attached hydrogens (tertiary/aromatic N) is 1. The van der Waals surface area contributed by atoms with Crippen LogP contribution in [0.15, 0.2) is 5.10 Å². The molecule has 0 aromatic heterocycles. The maximum atomic E-state index is 11.6. The summed E-state index contributed by atoms with van der Waals surface area (Å²) < 4.78 is 0. The number of rotatable bonds is 2. The molecule has 0 unspecified atom stereocenters. The average Bonchev–Trinajstić information content (AvgIpc) is 2.90. The summed E-state index contributed by atoms with van der Waals surface area (Å²) >= 11 is 0. The Kier molecular flexibility index (Phi) is 4.73. The van der Waals surface area contributed by atoms with Crippen molar-refractivity contribution >= 4 is 17.5 Å². The van der Waals surface area contributed by atoms with Crippen molar-refractivity contribution in [1.82, 2.24) is 10.7 Å². The topological polar surface area (TPSA) is 70.6 Å². The predicted octanol–water partition coefficient (Wildman–Crippen LogP) is 1.48. The van der Waals surface area contributed by atoms with E-state index in [9.17, 15) is 9.59 Å². The second kappa shape index (κ2) is 6.52. The number of hydrogen-bond donors (Lipinski definition) is 2. The minimum Gasteiger partial charge on any atom is -0.345 e. The van der Waals surface area contributed by atoms with Gasteiger partial charge in [-0.15, -0.1) is 0 Å². The molecule has 5 heteroatoms. The highest BCUT2D eigenvalue weighted by Crippen LogP contribution is 2.17. The van der Waals surface area contributed by atoms with Crippen LogP contribution in [0.5, 0.6) is 0 Å². The standard InChI is InChI=1S/C13H21N3O2/c17-12(14-10-6-4-5-7-10)13(18)16-15-11-8-2-1-3-9-11/h10H,1-9H2,(H,14,17)(H,16,18). The summed E-state index contributed by atoms with van der Waals surface area (Å²) in [6.07, 6.45) is 9.58. The second-order valence-corrected chi connectivity index (χ2v) is 5.13. The van der Waals surface area contributed by atoms with Crippen LogP contribution in [0.2, 0.25) is 0 Å². The first-order valence-corrected chi connectivity index (χ1v) is 6.92. The van der Waals surface area contributed by atoms with Crippen LogP contribution in [0.4, 0.5) is 0 Å². The maximum absolute atomic E-state index is 11.6. The van der Waals surface area contributed by atoms with Gasteiger partial charge in [0.1, 0.15) is 0 Å². The zero-order valence-electron chi connectivity index (χ0n) is 10.7. The highest BCUT2D eigenvalue weighted by Gasteiger charge is 2.21. The first-order valence-electron chi connectivity index (χ1n) is 6.92. The van der Waals surface area contributed by atoms with Crippen LogP contribution in [0.25, 0.3) is 0 Å². The fourth-order valence-electron chi connectivity index (χ4n) is 2.57. The normalized spacial score (nSPS) is 20.6. The molecular formula is C13H21N3O2. The Morgan fingerprint density at radius 2 is 1.61 bits per heavy atom. The third-order valence-electron chi connectivity index (χ3n) is 3.64. The summed E-state index contributed by atoms with van der Waals surface area (Å²) in [6.45, 7) is 0. The molecule has 2 aliphatic rings. The lowest BCUT2D eigenvalue weighted by molar-refractivity contribution is -0.139. The van der Waals surface area contributed by atoms with Crippen LogP contribution < -0.4 is 10.7 Å². The molecule has 18 heavy (non-hydrogen) atoms. The summed E-state index contributed by atoms with van der Waals surface area (Å²) in [6, 6.07) is 0.172. The average molecular weight is 251 g/mol. The molecular weight excluding hydrogens is 230 g/mol. The summed E-state index contributed by atoms with van der Waals surface area (Å²) in [4.78, 5) is 23.1. The van der Waals surface area contributed by atoms with E-state index in [1.54, 1.807) is 0 Å². The van der Waals surface area contributed by atoms with E-state index in [1.165, 1.54) is 6.42 Å². The van der Waals surface area contributed by atoms with Crippen LogP contribution in [0, 0.1) is 0 Å². The molecule has 0 bridgehead atoms. The Balaban J connectivity index is 1.74. The predicted molar refractivity (Wildman–Crippen MR) is 69.1 cm³/mol. The number of hydrazone groups is 1. The van der Waals surface area contributed by atoms with E-state index in [4.69, 9.17) is 0 Å². The van der Waals surface area contributed by atoms with E-state index >= 15 is 0 Å². The first kappa shape index (κ1) is 13.1. The van der Waals surface area contributed by atoms with Crippen LogP contribution in [-0.2, 0) is 9.59 Å². The van der Waals surface area contributed by atoms with Crippen LogP contribution in [0.3, 0.4) is 0 Å². The third-order valence-corrected chi connectivity index (χ3v) is 3.64. The van der Waals surface area contributed by atoms with Gasteiger partial charge in [0.05, 0.1) is 0 Å². The molecule has 0 atom stereocenters. The minimum atomic E-state index is -0.639. The zero-order chi connectivity index (χ0) is 12.8. The molecule has 2 rings (SSSR count). The van der Waals surface area contributed by atoms with Crippen molar-refractivity contribution in [3.63, 3.8) is 0 Å². The lowest BCUT2D eigenvalue weighted by Gasteiger charge is -2.13. The van der Waals surface area contributed by atoms with Gasteiger partial charge in [-0.2, -0.15) is 5.10 Å². The van der Waals surface area contributed by atoms with Gasteiger partial charge >= 0.3 is 11.8 Å². The van der Waals surface area contributed by atoms with Crippen molar-refractivity contribution in [1.29, 1.82) is 0 Å². The largest absolute Gasteiger partial charge is 0.345 e.